The van der Waals surface area contributed by atoms with Gasteiger partial charge in [0.25, 0.3) is 0 Å². The third kappa shape index (κ3) is 19.2. The molecule has 0 aromatic rings. The van der Waals surface area contributed by atoms with Crippen molar-refractivity contribution in [3.05, 3.63) is 0 Å². The second-order valence-electron chi connectivity index (χ2n) is 5.66. The fourth-order valence-electron chi connectivity index (χ4n) is 1.42. The van der Waals surface area contributed by atoms with Crippen LogP contribution >= 0.6 is 0 Å². The van der Waals surface area contributed by atoms with Gasteiger partial charge in [-0.25, -0.2) is 5.90 Å². The summed E-state index contributed by atoms with van der Waals surface area (Å²) in [5.41, 5.74) is -0.455. The summed E-state index contributed by atoms with van der Waals surface area (Å²) in [6.07, 6.45) is 0.246. The molecular weight excluding hydrogens is 306 g/mol. The minimum atomic E-state index is -0.455. The van der Waals surface area contributed by atoms with Gasteiger partial charge in [0.05, 0.1) is 65.9 Å². The highest BCUT2D eigenvalue weighted by molar-refractivity contribution is 5.69. The normalized spacial score (nSPS) is 11.7. The molecule has 0 aliphatic rings. The van der Waals surface area contributed by atoms with Crippen LogP contribution in [0.5, 0.6) is 0 Å². The quantitative estimate of drug-likeness (QED) is 0.264. The molecule has 0 saturated carbocycles. The van der Waals surface area contributed by atoms with Gasteiger partial charge < -0.3 is 28.5 Å². The van der Waals surface area contributed by atoms with E-state index in [1.165, 1.54) is 0 Å². The van der Waals surface area contributed by atoms with Crippen LogP contribution in [-0.2, 0) is 33.3 Å². The highest BCUT2D eigenvalue weighted by atomic mass is 16.6. The van der Waals surface area contributed by atoms with E-state index in [9.17, 15) is 4.79 Å². The molecule has 138 valence electrons. The first kappa shape index (κ1) is 22.2. The molecule has 0 aromatic heterocycles. The molecule has 0 aliphatic carbocycles. The van der Waals surface area contributed by atoms with E-state index in [1.54, 1.807) is 0 Å². The number of rotatable bonds is 15. The lowest BCUT2D eigenvalue weighted by Gasteiger charge is -2.19. The van der Waals surface area contributed by atoms with E-state index in [1.807, 2.05) is 20.8 Å². The standard InChI is InChI=1S/C15H31NO7/c1-15(2,3)23-14(17)4-5-18-6-7-19-8-9-20-10-11-21-12-13-22-16/h4-13,16H2,1-3H3. The predicted molar refractivity (Wildman–Crippen MR) is 83.9 cm³/mol. The summed E-state index contributed by atoms with van der Waals surface area (Å²) in [4.78, 5) is 15.8. The number of esters is 1. The second-order valence-corrected chi connectivity index (χ2v) is 5.66. The van der Waals surface area contributed by atoms with Gasteiger partial charge in [-0.05, 0) is 20.8 Å². The number of carbonyl (C=O) groups excluding carboxylic acids is 1. The van der Waals surface area contributed by atoms with Gasteiger partial charge in [-0.1, -0.05) is 0 Å². The number of ether oxygens (including phenoxy) is 5. The largest absolute Gasteiger partial charge is 0.460 e. The van der Waals surface area contributed by atoms with Crippen molar-refractivity contribution < 1.29 is 33.3 Å². The minimum Gasteiger partial charge on any atom is -0.460 e. The van der Waals surface area contributed by atoms with E-state index in [4.69, 9.17) is 29.6 Å². The zero-order chi connectivity index (χ0) is 17.4. The Hall–Kier alpha value is -0.770. The molecule has 0 radical (unpaired) electrons. The molecule has 0 spiro atoms. The summed E-state index contributed by atoms with van der Waals surface area (Å²) in [7, 11) is 0. The first-order valence-electron chi connectivity index (χ1n) is 7.80. The second kappa shape index (κ2) is 14.8. The zero-order valence-corrected chi connectivity index (χ0v) is 14.5. The van der Waals surface area contributed by atoms with Gasteiger partial charge in [0, 0.05) is 0 Å². The maximum atomic E-state index is 11.4. The molecule has 0 aliphatic heterocycles. The predicted octanol–water partition coefficient (Wildman–Crippen LogP) is 0.675. The zero-order valence-electron chi connectivity index (χ0n) is 14.5. The highest BCUT2D eigenvalue weighted by Gasteiger charge is 2.15. The summed E-state index contributed by atoms with van der Waals surface area (Å²) in [5, 5.41) is 0. The minimum absolute atomic E-state index is 0.246. The molecule has 0 aromatic carbocycles. The molecule has 8 heteroatoms. The Morgan fingerprint density at radius 1 is 0.739 bits per heavy atom. The number of hydrogen-bond acceptors (Lipinski definition) is 8. The van der Waals surface area contributed by atoms with Gasteiger partial charge in [-0.2, -0.15) is 0 Å². The molecule has 0 saturated heterocycles. The van der Waals surface area contributed by atoms with Crippen LogP contribution in [0, 0.1) is 0 Å². The molecule has 0 rings (SSSR count). The van der Waals surface area contributed by atoms with Crippen LogP contribution in [-0.4, -0.2) is 71.0 Å². The van der Waals surface area contributed by atoms with Gasteiger partial charge in [0.1, 0.15) is 5.60 Å². The van der Waals surface area contributed by atoms with E-state index >= 15 is 0 Å². The molecule has 0 bridgehead atoms. The summed E-state index contributed by atoms with van der Waals surface area (Å²) < 4.78 is 26.2. The van der Waals surface area contributed by atoms with Crippen molar-refractivity contribution in [1.82, 2.24) is 0 Å². The first-order chi connectivity index (χ1) is 11.0. The van der Waals surface area contributed by atoms with E-state index in [2.05, 4.69) is 4.84 Å². The lowest BCUT2D eigenvalue weighted by Crippen LogP contribution is -2.24. The highest BCUT2D eigenvalue weighted by Crippen LogP contribution is 2.07. The van der Waals surface area contributed by atoms with Gasteiger partial charge in [0.2, 0.25) is 0 Å². The smallest absolute Gasteiger partial charge is 0.308 e. The third-order valence-electron chi connectivity index (χ3n) is 2.33. The Balaban J connectivity index is 3.15. The van der Waals surface area contributed by atoms with E-state index in [0.717, 1.165) is 0 Å². The fourth-order valence-corrected chi connectivity index (χ4v) is 1.42. The molecule has 8 nitrogen and oxygen atoms in total. The Bertz CT molecular complexity index is 281. The van der Waals surface area contributed by atoms with Crippen molar-refractivity contribution >= 4 is 5.97 Å². The molecule has 2 N–H and O–H groups in total. The van der Waals surface area contributed by atoms with Crippen molar-refractivity contribution in [2.75, 3.05) is 59.5 Å². The Morgan fingerprint density at radius 3 is 1.52 bits per heavy atom. The fraction of sp³-hybridized carbons (Fsp3) is 0.933. The van der Waals surface area contributed by atoms with Crippen LogP contribution in [0.15, 0.2) is 0 Å². The van der Waals surface area contributed by atoms with E-state index in [-0.39, 0.29) is 12.4 Å². The van der Waals surface area contributed by atoms with Crippen LogP contribution in [0.25, 0.3) is 0 Å². The van der Waals surface area contributed by atoms with E-state index < -0.39 is 5.60 Å². The molecular formula is C15H31NO7. The molecule has 0 unspecified atom stereocenters. The van der Waals surface area contributed by atoms with Crippen molar-refractivity contribution in [1.29, 1.82) is 0 Å². The molecule has 0 atom stereocenters. The Labute approximate surface area is 138 Å². The lowest BCUT2D eigenvalue weighted by atomic mass is 10.2. The van der Waals surface area contributed by atoms with E-state index in [0.29, 0.717) is 59.5 Å². The van der Waals surface area contributed by atoms with Crippen molar-refractivity contribution in [3.63, 3.8) is 0 Å². The molecule has 23 heavy (non-hydrogen) atoms. The number of carbonyl (C=O) groups is 1. The molecule has 0 heterocycles. The maximum absolute atomic E-state index is 11.4. The topological polar surface area (TPSA) is 98.5 Å². The first-order valence-corrected chi connectivity index (χ1v) is 7.80. The summed E-state index contributed by atoms with van der Waals surface area (Å²) in [6, 6.07) is 0. The van der Waals surface area contributed by atoms with Crippen molar-refractivity contribution in [2.45, 2.75) is 32.8 Å². The third-order valence-corrected chi connectivity index (χ3v) is 2.33. The van der Waals surface area contributed by atoms with Crippen molar-refractivity contribution in [3.8, 4) is 0 Å². The lowest BCUT2D eigenvalue weighted by molar-refractivity contribution is -0.156. The van der Waals surface area contributed by atoms with Gasteiger partial charge >= 0.3 is 5.97 Å². The Morgan fingerprint density at radius 2 is 1.13 bits per heavy atom. The van der Waals surface area contributed by atoms with Crippen LogP contribution < -0.4 is 5.90 Å². The van der Waals surface area contributed by atoms with Crippen molar-refractivity contribution in [2.24, 2.45) is 5.90 Å². The van der Waals surface area contributed by atoms with Gasteiger partial charge in [0.15, 0.2) is 0 Å². The van der Waals surface area contributed by atoms with Crippen LogP contribution in [0.2, 0.25) is 0 Å². The number of nitrogens with two attached hydrogens (primary N) is 1. The summed E-state index contributed by atoms with van der Waals surface area (Å²) in [6.45, 7) is 9.54. The average molecular weight is 337 g/mol. The maximum Gasteiger partial charge on any atom is 0.308 e. The van der Waals surface area contributed by atoms with Crippen LogP contribution in [0.3, 0.4) is 0 Å². The van der Waals surface area contributed by atoms with Crippen LogP contribution in [0.1, 0.15) is 27.2 Å². The SMILES string of the molecule is CC(C)(C)OC(=O)CCOCCOCCOCCOCCON. The molecule has 0 fully saturated rings. The van der Waals surface area contributed by atoms with Gasteiger partial charge in [-0.15, -0.1) is 0 Å². The number of hydrogen-bond donors (Lipinski definition) is 1. The molecule has 0 amide bonds. The average Bonchev–Trinajstić information content (AvgIpc) is 2.46. The van der Waals surface area contributed by atoms with Gasteiger partial charge in [-0.3, -0.25) is 4.79 Å². The van der Waals surface area contributed by atoms with Crippen LogP contribution in [0.4, 0.5) is 0 Å². The summed E-state index contributed by atoms with van der Waals surface area (Å²) >= 11 is 0. The Kier molecular flexibility index (Phi) is 14.3. The monoisotopic (exact) mass is 337 g/mol. The summed E-state index contributed by atoms with van der Waals surface area (Å²) in [5.74, 6) is 4.59.